The largest absolute Gasteiger partial charge is 0.495 e. The third-order valence-electron chi connectivity index (χ3n) is 2.13. The molecule has 6 heteroatoms. The van der Waals surface area contributed by atoms with E-state index in [0.29, 0.717) is 5.69 Å². The molecule has 1 aromatic carbocycles. The van der Waals surface area contributed by atoms with Crippen LogP contribution in [0.2, 0.25) is 0 Å². The van der Waals surface area contributed by atoms with E-state index in [1.54, 1.807) is 0 Å². The zero-order valence-corrected chi connectivity index (χ0v) is 10.0. The van der Waals surface area contributed by atoms with Gasteiger partial charge in [-0.15, -0.1) is 0 Å². The van der Waals surface area contributed by atoms with Crippen LogP contribution in [0.1, 0.15) is 23.7 Å². The van der Waals surface area contributed by atoms with Gasteiger partial charge in [-0.2, -0.15) is 0 Å². The lowest BCUT2D eigenvalue weighted by atomic mass is 10.2. The Labute approximate surface area is 104 Å². The molecule has 0 saturated heterocycles. The van der Waals surface area contributed by atoms with Crippen molar-refractivity contribution in [3.05, 3.63) is 23.8 Å². The lowest BCUT2D eigenvalue weighted by molar-refractivity contribution is -0.124. The van der Waals surface area contributed by atoms with E-state index < -0.39 is 11.9 Å². The molecule has 18 heavy (non-hydrogen) atoms. The number of carboxylic acid groups (broad SMARTS) is 1. The average Bonchev–Trinajstić information content (AvgIpc) is 2.27. The summed E-state index contributed by atoms with van der Waals surface area (Å²) in [4.78, 5) is 32.9. The highest BCUT2D eigenvalue weighted by Crippen LogP contribution is 2.25. The van der Waals surface area contributed by atoms with Gasteiger partial charge in [0.05, 0.1) is 24.8 Å². The Morgan fingerprint density at radius 3 is 2.50 bits per heavy atom. The molecule has 0 atom stereocenters. The number of methoxy groups -OCH3 is 1. The zero-order valence-electron chi connectivity index (χ0n) is 10.0. The van der Waals surface area contributed by atoms with E-state index in [9.17, 15) is 14.4 Å². The third kappa shape index (κ3) is 3.58. The van der Waals surface area contributed by atoms with E-state index >= 15 is 0 Å². The summed E-state index contributed by atoms with van der Waals surface area (Å²) in [6.45, 7) is 1.31. The highest BCUT2D eigenvalue weighted by atomic mass is 16.5. The van der Waals surface area contributed by atoms with Crippen LogP contribution in [-0.4, -0.2) is 29.9 Å². The van der Waals surface area contributed by atoms with E-state index in [1.165, 1.54) is 32.2 Å². The second-order valence-corrected chi connectivity index (χ2v) is 3.65. The summed E-state index contributed by atoms with van der Waals surface area (Å²) < 4.78 is 4.98. The number of hydrogen-bond acceptors (Lipinski definition) is 4. The molecule has 1 aromatic rings. The van der Waals surface area contributed by atoms with Crippen molar-refractivity contribution >= 4 is 23.3 Å². The summed E-state index contributed by atoms with van der Waals surface area (Å²) in [6.07, 6.45) is -0.232. The van der Waals surface area contributed by atoms with Gasteiger partial charge in [0.25, 0.3) is 0 Å². The molecule has 0 aliphatic rings. The van der Waals surface area contributed by atoms with Crippen LogP contribution >= 0.6 is 0 Å². The average molecular weight is 251 g/mol. The van der Waals surface area contributed by atoms with Gasteiger partial charge in [0.1, 0.15) is 11.5 Å². The number of aromatic carboxylic acids is 1. The van der Waals surface area contributed by atoms with Crippen LogP contribution in [0, 0.1) is 0 Å². The molecule has 0 bridgehead atoms. The molecule has 96 valence electrons. The van der Waals surface area contributed by atoms with E-state index in [0.717, 1.165) is 0 Å². The number of ether oxygens (including phenoxy) is 1. The summed E-state index contributed by atoms with van der Waals surface area (Å²) in [5.74, 6) is -1.58. The minimum atomic E-state index is -1.09. The van der Waals surface area contributed by atoms with Crippen molar-refractivity contribution in [1.82, 2.24) is 0 Å². The normalized spacial score (nSPS) is 9.67. The zero-order chi connectivity index (χ0) is 13.7. The number of amides is 1. The first-order chi connectivity index (χ1) is 8.43. The Morgan fingerprint density at radius 1 is 1.33 bits per heavy atom. The van der Waals surface area contributed by atoms with Crippen LogP contribution < -0.4 is 10.1 Å². The molecule has 2 N–H and O–H groups in total. The van der Waals surface area contributed by atoms with Gasteiger partial charge in [-0.1, -0.05) is 0 Å². The second-order valence-electron chi connectivity index (χ2n) is 3.65. The van der Waals surface area contributed by atoms with Crippen LogP contribution in [0.3, 0.4) is 0 Å². The maximum atomic E-state index is 11.4. The summed E-state index contributed by atoms with van der Waals surface area (Å²) in [5, 5.41) is 11.3. The summed E-state index contributed by atoms with van der Waals surface area (Å²) in [5.41, 5.74) is 0.380. The van der Waals surface area contributed by atoms with E-state index in [2.05, 4.69) is 5.32 Å². The van der Waals surface area contributed by atoms with Crippen molar-refractivity contribution in [3.63, 3.8) is 0 Å². The number of ketones is 1. The van der Waals surface area contributed by atoms with Gasteiger partial charge in [0.2, 0.25) is 5.91 Å². The summed E-state index contributed by atoms with van der Waals surface area (Å²) in [6, 6.07) is 4.06. The minimum absolute atomic E-state index is 0.0522. The lowest BCUT2D eigenvalue weighted by Gasteiger charge is -2.10. The molecule has 0 unspecified atom stereocenters. The molecular formula is C12H13NO5. The number of Topliss-reactive ketones (excluding diaryl/α,β-unsaturated/α-hetero) is 1. The van der Waals surface area contributed by atoms with Gasteiger partial charge in [-0.3, -0.25) is 9.59 Å². The molecule has 0 aromatic heterocycles. The van der Waals surface area contributed by atoms with Crippen LogP contribution in [-0.2, 0) is 9.59 Å². The second kappa shape index (κ2) is 5.81. The van der Waals surface area contributed by atoms with Gasteiger partial charge in [-0.05, 0) is 25.1 Å². The standard InChI is InChI=1S/C12H13NO5/c1-7(14)5-11(15)13-9-4-3-8(12(16)17)6-10(9)18-2/h3-4,6H,5H2,1-2H3,(H,13,15)(H,16,17). The van der Waals surface area contributed by atoms with Crippen molar-refractivity contribution in [2.45, 2.75) is 13.3 Å². The molecule has 0 fully saturated rings. The molecule has 0 radical (unpaired) electrons. The summed E-state index contributed by atoms with van der Waals surface area (Å²) in [7, 11) is 1.36. The molecule has 0 spiro atoms. The third-order valence-corrected chi connectivity index (χ3v) is 2.13. The van der Waals surface area contributed by atoms with E-state index in [4.69, 9.17) is 9.84 Å². The van der Waals surface area contributed by atoms with E-state index in [-0.39, 0.29) is 23.5 Å². The van der Waals surface area contributed by atoms with Gasteiger partial charge in [-0.25, -0.2) is 4.79 Å². The highest BCUT2D eigenvalue weighted by molar-refractivity contribution is 6.04. The molecule has 0 aliphatic carbocycles. The Hall–Kier alpha value is -2.37. The molecule has 0 aliphatic heterocycles. The predicted octanol–water partition coefficient (Wildman–Crippen LogP) is 1.31. The van der Waals surface area contributed by atoms with Crippen molar-refractivity contribution in [2.24, 2.45) is 0 Å². The van der Waals surface area contributed by atoms with Gasteiger partial charge >= 0.3 is 5.97 Å². The van der Waals surface area contributed by atoms with Gasteiger partial charge in [0, 0.05) is 0 Å². The molecular weight excluding hydrogens is 238 g/mol. The van der Waals surface area contributed by atoms with Crippen LogP contribution in [0.4, 0.5) is 5.69 Å². The number of benzene rings is 1. The predicted molar refractivity (Wildman–Crippen MR) is 63.9 cm³/mol. The quantitative estimate of drug-likeness (QED) is 0.770. The SMILES string of the molecule is COc1cc(C(=O)O)ccc1NC(=O)CC(C)=O. The first kappa shape index (κ1) is 13.7. The topological polar surface area (TPSA) is 92.7 Å². The number of anilines is 1. The molecule has 0 saturated carbocycles. The highest BCUT2D eigenvalue weighted by Gasteiger charge is 2.12. The maximum absolute atomic E-state index is 11.4. The number of nitrogens with one attached hydrogen (secondary N) is 1. The fourth-order valence-electron chi connectivity index (χ4n) is 1.35. The van der Waals surface area contributed by atoms with Crippen LogP contribution in [0.15, 0.2) is 18.2 Å². The van der Waals surface area contributed by atoms with Crippen molar-refractivity contribution in [3.8, 4) is 5.75 Å². The number of rotatable bonds is 5. The van der Waals surface area contributed by atoms with Crippen molar-refractivity contribution in [1.29, 1.82) is 0 Å². The fourth-order valence-corrected chi connectivity index (χ4v) is 1.35. The Bertz CT molecular complexity index is 495. The monoisotopic (exact) mass is 251 g/mol. The van der Waals surface area contributed by atoms with Crippen molar-refractivity contribution < 1.29 is 24.2 Å². The fraction of sp³-hybridized carbons (Fsp3) is 0.250. The maximum Gasteiger partial charge on any atom is 0.335 e. The van der Waals surface area contributed by atoms with Gasteiger partial charge < -0.3 is 15.2 Å². The Balaban J connectivity index is 2.92. The van der Waals surface area contributed by atoms with E-state index in [1.807, 2.05) is 0 Å². The Kier molecular flexibility index (Phi) is 4.42. The lowest BCUT2D eigenvalue weighted by Crippen LogP contribution is -2.15. The summed E-state index contributed by atoms with van der Waals surface area (Å²) >= 11 is 0. The van der Waals surface area contributed by atoms with Crippen molar-refractivity contribution in [2.75, 3.05) is 12.4 Å². The number of carbonyl (C=O) groups is 3. The molecule has 6 nitrogen and oxygen atoms in total. The first-order valence-corrected chi connectivity index (χ1v) is 5.14. The molecule has 1 rings (SSSR count). The van der Waals surface area contributed by atoms with Crippen LogP contribution in [0.25, 0.3) is 0 Å². The number of hydrogen-bond donors (Lipinski definition) is 2. The van der Waals surface area contributed by atoms with Gasteiger partial charge in [0.15, 0.2) is 0 Å². The number of carbonyl (C=O) groups excluding carboxylic acids is 2. The number of carboxylic acids is 1. The smallest absolute Gasteiger partial charge is 0.335 e. The Morgan fingerprint density at radius 2 is 2.00 bits per heavy atom. The minimum Gasteiger partial charge on any atom is -0.495 e. The molecule has 1 amide bonds. The first-order valence-electron chi connectivity index (χ1n) is 5.14. The molecule has 0 heterocycles. The van der Waals surface area contributed by atoms with Crippen LogP contribution in [0.5, 0.6) is 5.75 Å².